The van der Waals surface area contributed by atoms with Crippen molar-refractivity contribution >= 4 is 26.7 Å². The lowest BCUT2D eigenvalue weighted by molar-refractivity contribution is -0.0460. The highest BCUT2D eigenvalue weighted by Gasteiger charge is 2.48. The maximum atomic E-state index is 13.1. The van der Waals surface area contributed by atoms with E-state index in [0.717, 1.165) is 36.6 Å². The van der Waals surface area contributed by atoms with E-state index in [2.05, 4.69) is 27.3 Å². The van der Waals surface area contributed by atoms with Gasteiger partial charge in [0.05, 0.1) is 24.4 Å². The minimum Gasteiger partial charge on any atom is -0.378 e. The number of anilines is 1. The summed E-state index contributed by atoms with van der Waals surface area (Å²) in [5.41, 5.74) is -3.08. The number of nitrogens with zero attached hydrogens (tertiary/aromatic N) is 3. The number of aromatic nitrogens is 3. The van der Waals surface area contributed by atoms with Gasteiger partial charge in [0, 0.05) is 36.6 Å². The van der Waals surface area contributed by atoms with Gasteiger partial charge in [-0.2, -0.15) is 18.3 Å². The molecule has 3 heterocycles. The maximum Gasteiger partial charge on any atom is 0.511 e. The van der Waals surface area contributed by atoms with Gasteiger partial charge in [0.25, 0.3) is 0 Å². The first kappa shape index (κ1) is 25.9. The summed E-state index contributed by atoms with van der Waals surface area (Å²) in [6.45, 7) is 0.914. The highest BCUT2D eigenvalue weighted by molar-refractivity contribution is 7.90. The Morgan fingerprint density at radius 3 is 2.65 bits per heavy atom. The van der Waals surface area contributed by atoms with Crippen molar-refractivity contribution in [3.63, 3.8) is 0 Å². The van der Waals surface area contributed by atoms with E-state index in [-0.39, 0.29) is 19.1 Å². The maximum absolute atomic E-state index is 13.1. The van der Waals surface area contributed by atoms with E-state index in [1.54, 1.807) is 12.3 Å². The number of sulfonamides is 1. The normalized spacial score (nSPS) is 25.4. The smallest absolute Gasteiger partial charge is 0.378 e. The summed E-state index contributed by atoms with van der Waals surface area (Å²) in [6.07, 6.45) is 7.25. The first-order chi connectivity index (χ1) is 17.7. The van der Waals surface area contributed by atoms with E-state index in [4.69, 9.17) is 4.74 Å². The van der Waals surface area contributed by atoms with Gasteiger partial charge >= 0.3 is 15.5 Å². The molecule has 1 aromatic carbocycles. The average Bonchev–Trinajstić information content (AvgIpc) is 3.36. The number of halogens is 3. The van der Waals surface area contributed by atoms with Crippen LogP contribution in [0.2, 0.25) is 0 Å². The molecule has 0 radical (unpaired) electrons. The van der Waals surface area contributed by atoms with Gasteiger partial charge in [0.1, 0.15) is 5.82 Å². The minimum absolute atomic E-state index is 0.0148. The van der Waals surface area contributed by atoms with Gasteiger partial charge < -0.3 is 9.64 Å². The van der Waals surface area contributed by atoms with Crippen LogP contribution >= 0.6 is 0 Å². The molecule has 2 aliphatic rings. The van der Waals surface area contributed by atoms with E-state index >= 15 is 0 Å². The van der Waals surface area contributed by atoms with Crippen molar-refractivity contribution in [2.24, 2.45) is 5.92 Å². The second-order valence-corrected chi connectivity index (χ2v) is 11.6. The molecule has 3 aromatic rings. The van der Waals surface area contributed by atoms with Crippen molar-refractivity contribution in [3.8, 4) is 0 Å². The second-order valence-electron chi connectivity index (χ2n) is 9.88. The van der Waals surface area contributed by atoms with Crippen LogP contribution in [0.25, 0.3) is 10.9 Å². The van der Waals surface area contributed by atoms with Crippen molar-refractivity contribution in [3.05, 3.63) is 54.4 Å². The average molecular weight is 538 g/mol. The van der Waals surface area contributed by atoms with Crippen LogP contribution in [0.4, 0.5) is 19.0 Å². The van der Waals surface area contributed by atoms with Crippen LogP contribution in [-0.2, 0) is 14.8 Å². The van der Waals surface area contributed by atoms with Gasteiger partial charge in [-0.05, 0) is 67.9 Å². The summed E-state index contributed by atoms with van der Waals surface area (Å²) >= 11 is 0. The van der Waals surface area contributed by atoms with Gasteiger partial charge in [-0.1, -0.05) is 12.1 Å². The molecule has 8 nitrogen and oxygen atoms in total. The summed E-state index contributed by atoms with van der Waals surface area (Å²) in [5.74, 6) is 0.675. The monoisotopic (exact) mass is 537 g/mol. The number of rotatable bonds is 7. The quantitative estimate of drug-likeness (QED) is 0.465. The number of benzene rings is 1. The Morgan fingerprint density at radius 2 is 1.92 bits per heavy atom. The predicted octanol–water partition coefficient (Wildman–Crippen LogP) is 4.34. The lowest BCUT2D eigenvalue weighted by atomic mass is 9.82. The standard InChI is InChI=1S/C25H30F3N5O3S/c26-25(27,28)37(34,35)32-23-10-12-33(24-3-1-2-11-29-24)15-20(23)16-36-21-7-4-17(5-8-21)18-6-9-22-19(13-18)14-30-31-22/h1-3,6,9,11,13-14,17,20-21,23,32H,4-5,7-8,10,12,15-16H2,(H,30,31)/t17-,20-,21+,23-/m0/s1. The molecule has 2 atom stereocenters. The van der Waals surface area contributed by atoms with Crippen LogP contribution in [0.3, 0.4) is 0 Å². The molecule has 2 N–H and O–H groups in total. The molecule has 0 unspecified atom stereocenters. The Morgan fingerprint density at radius 1 is 1.11 bits per heavy atom. The molecule has 0 bridgehead atoms. The van der Waals surface area contributed by atoms with Crippen molar-refractivity contribution in [2.45, 2.75) is 55.7 Å². The van der Waals surface area contributed by atoms with Crippen LogP contribution < -0.4 is 9.62 Å². The fourth-order valence-corrected chi connectivity index (χ4v) is 6.25. The summed E-state index contributed by atoms with van der Waals surface area (Å²) in [6, 6.07) is 10.9. The van der Waals surface area contributed by atoms with Crippen molar-refractivity contribution < 1.29 is 26.3 Å². The minimum atomic E-state index is -5.45. The molecule has 0 amide bonds. The number of H-pyrrole nitrogens is 1. The van der Waals surface area contributed by atoms with Gasteiger partial charge in [-0.3, -0.25) is 5.10 Å². The molecular weight excluding hydrogens is 507 g/mol. The number of hydrogen-bond acceptors (Lipinski definition) is 6. The number of fused-ring (bicyclic) bond motifs is 1. The number of alkyl halides is 3. The third-order valence-electron chi connectivity index (χ3n) is 7.47. The Balaban J connectivity index is 1.21. The van der Waals surface area contributed by atoms with E-state index < -0.39 is 27.5 Å². The predicted molar refractivity (Wildman–Crippen MR) is 133 cm³/mol. The molecule has 1 aliphatic carbocycles. The van der Waals surface area contributed by atoms with Gasteiger partial charge in [0.15, 0.2) is 0 Å². The molecule has 12 heteroatoms. The number of piperidine rings is 1. The summed E-state index contributed by atoms with van der Waals surface area (Å²) in [7, 11) is -5.45. The summed E-state index contributed by atoms with van der Waals surface area (Å²) in [5, 5.41) is 8.12. The first-order valence-corrected chi connectivity index (χ1v) is 14.0. The summed E-state index contributed by atoms with van der Waals surface area (Å²) in [4.78, 5) is 6.31. The summed E-state index contributed by atoms with van der Waals surface area (Å²) < 4.78 is 71.0. The van der Waals surface area contributed by atoms with Crippen molar-refractivity contribution in [2.75, 3.05) is 24.6 Å². The molecule has 1 aliphatic heterocycles. The fraction of sp³-hybridized carbons (Fsp3) is 0.520. The number of pyridine rings is 1. The molecule has 5 rings (SSSR count). The number of hydrogen-bond donors (Lipinski definition) is 2. The fourth-order valence-electron chi connectivity index (χ4n) is 5.41. The van der Waals surface area contributed by atoms with E-state index in [1.807, 2.05) is 34.0 Å². The second kappa shape index (κ2) is 10.6. The largest absolute Gasteiger partial charge is 0.511 e. The van der Waals surface area contributed by atoms with Crippen LogP contribution in [0, 0.1) is 5.92 Å². The highest BCUT2D eigenvalue weighted by atomic mass is 32.2. The Kier molecular flexibility index (Phi) is 7.42. The number of aromatic amines is 1. The zero-order valence-electron chi connectivity index (χ0n) is 20.2. The Labute approximate surface area is 213 Å². The number of nitrogens with one attached hydrogen (secondary N) is 2. The molecule has 37 heavy (non-hydrogen) atoms. The van der Waals surface area contributed by atoms with E-state index in [1.165, 1.54) is 5.56 Å². The molecule has 2 fully saturated rings. The van der Waals surface area contributed by atoms with Gasteiger partial charge in [0.2, 0.25) is 0 Å². The molecule has 0 spiro atoms. The molecular formula is C25H30F3N5O3S. The SMILES string of the molecule is O=S(=O)(N[C@H]1CCN(c2ccccn2)C[C@H]1CO[C@H]1CC[C@@H](c2ccc3[nH]ncc3c2)CC1)C(F)(F)F. The van der Waals surface area contributed by atoms with Crippen LogP contribution in [0.15, 0.2) is 48.8 Å². The zero-order valence-corrected chi connectivity index (χ0v) is 21.0. The van der Waals surface area contributed by atoms with Gasteiger partial charge in [-0.25, -0.2) is 18.1 Å². The third kappa shape index (κ3) is 5.91. The lowest BCUT2D eigenvalue weighted by Gasteiger charge is -2.40. The topological polar surface area (TPSA) is 100 Å². The van der Waals surface area contributed by atoms with E-state index in [9.17, 15) is 21.6 Å². The Bertz CT molecular complexity index is 1290. The van der Waals surface area contributed by atoms with Crippen LogP contribution in [0.5, 0.6) is 0 Å². The van der Waals surface area contributed by atoms with Crippen LogP contribution in [0.1, 0.15) is 43.6 Å². The molecule has 200 valence electrons. The van der Waals surface area contributed by atoms with E-state index in [0.29, 0.717) is 24.8 Å². The number of ether oxygens (including phenoxy) is 1. The van der Waals surface area contributed by atoms with Crippen LogP contribution in [-0.4, -0.2) is 60.9 Å². The van der Waals surface area contributed by atoms with Gasteiger partial charge in [-0.15, -0.1) is 0 Å². The van der Waals surface area contributed by atoms with Crippen molar-refractivity contribution in [1.29, 1.82) is 0 Å². The molecule has 1 saturated heterocycles. The first-order valence-electron chi connectivity index (χ1n) is 12.5. The Hall–Kier alpha value is -2.70. The van der Waals surface area contributed by atoms with Crippen molar-refractivity contribution in [1.82, 2.24) is 19.9 Å². The lowest BCUT2D eigenvalue weighted by Crippen LogP contribution is -2.54. The molecule has 2 aromatic heterocycles. The molecule has 1 saturated carbocycles. The third-order valence-corrected chi connectivity index (χ3v) is 8.70. The zero-order chi connectivity index (χ0) is 26.0. The highest BCUT2D eigenvalue weighted by Crippen LogP contribution is 2.36.